The Bertz CT molecular complexity index is 930. The minimum atomic E-state index is -4.54. The number of carbonyl (C=O) groups is 1. The van der Waals surface area contributed by atoms with E-state index in [4.69, 9.17) is 4.74 Å². The zero-order valence-corrected chi connectivity index (χ0v) is 13.2. The van der Waals surface area contributed by atoms with Crippen LogP contribution in [0, 0.1) is 0 Å². The lowest BCUT2D eigenvalue weighted by Crippen LogP contribution is -2.15. The lowest BCUT2D eigenvalue weighted by atomic mass is 10.1. The highest BCUT2D eigenvalue weighted by Crippen LogP contribution is 2.33. The molecule has 0 bridgehead atoms. The first-order chi connectivity index (χ1) is 11.9. The van der Waals surface area contributed by atoms with Crippen LogP contribution in [-0.2, 0) is 6.18 Å². The molecule has 0 unspecified atom stereocenters. The first-order valence-electron chi connectivity index (χ1n) is 7.44. The van der Waals surface area contributed by atoms with E-state index in [2.05, 4.69) is 5.32 Å². The number of nitrogens with one attached hydrogen (secondary N) is 1. The second kappa shape index (κ2) is 6.47. The van der Waals surface area contributed by atoms with Crippen molar-refractivity contribution in [3.63, 3.8) is 0 Å². The minimum Gasteiger partial charge on any atom is -0.496 e. The fourth-order valence-corrected chi connectivity index (χ4v) is 2.59. The molecule has 0 atom stereocenters. The molecule has 6 heteroatoms. The minimum absolute atomic E-state index is 0.0748. The van der Waals surface area contributed by atoms with E-state index < -0.39 is 17.6 Å². The smallest absolute Gasteiger partial charge is 0.416 e. The molecule has 0 aromatic heterocycles. The van der Waals surface area contributed by atoms with Crippen molar-refractivity contribution in [2.45, 2.75) is 6.18 Å². The van der Waals surface area contributed by atoms with Crippen LogP contribution in [0.4, 0.5) is 18.9 Å². The first kappa shape index (κ1) is 16.8. The highest BCUT2D eigenvalue weighted by Gasteiger charge is 2.32. The zero-order chi connectivity index (χ0) is 18.0. The number of rotatable bonds is 3. The van der Waals surface area contributed by atoms with Gasteiger partial charge in [0, 0.05) is 11.1 Å². The summed E-state index contributed by atoms with van der Waals surface area (Å²) < 4.78 is 43.8. The summed E-state index contributed by atoms with van der Waals surface area (Å²) >= 11 is 0. The molecule has 0 heterocycles. The number of carbonyl (C=O) groups excluding carboxylic acids is 1. The molecule has 1 amide bonds. The molecule has 0 saturated heterocycles. The summed E-state index contributed by atoms with van der Waals surface area (Å²) in [5.74, 6) is -0.593. The number of hydrogen-bond acceptors (Lipinski definition) is 2. The lowest BCUT2D eigenvalue weighted by molar-refractivity contribution is -0.137. The summed E-state index contributed by atoms with van der Waals surface area (Å²) in [4.78, 5) is 12.6. The van der Waals surface area contributed by atoms with Gasteiger partial charge in [0.15, 0.2) is 0 Å². The third-order valence-corrected chi connectivity index (χ3v) is 3.81. The average molecular weight is 345 g/mol. The number of benzene rings is 3. The van der Waals surface area contributed by atoms with Crippen molar-refractivity contribution in [1.29, 1.82) is 0 Å². The molecule has 1 N–H and O–H groups in total. The van der Waals surface area contributed by atoms with E-state index in [-0.39, 0.29) is 11.3 Å². The second-order valence-corrected chi connectivity index (χ2v) is 5.39. The number of hydrogen-bond donors (Lipinski definition) is 1. The van der Waals surface area contributed by atoms with E-state index in [9.17, 15) is 18.0 Å². The van der Waals surface area contributed by atoms with Gasteiger partial charge in [0.25, 0.3) is 5.91 Å². The van der Waals surface area contributed by atoms with E-state index in [1.54, 1.807) is 12.1 Å². The summed E-state index contributed by atoms with van der Waals surface area (Å²) in [5.41, 5.74) is -0.566. The maximum absolute atomic E-state index is 12.9. The molecule has 3 aromatic rings. The number of methoxy groups -OCH3 is 1. The van der Waals surface area contributed by atoms with Crippen molar-refractivity contribution < 1.29 is 22.7 Å². The zero-order valence-electron chi connectivity index (χ0n) is 13.2. The van der Waals surface area contributed by atoms with Gasteiger partial charge in [-0.05, 0) is 29.7 Å². The third-order valence-electron chi connectivity index (χ3n) is 3.81. The number of anilines is 1. The van der Waals surface area contributed by atoms with Gasteiger partial charge in [-0.1, -0.05) is 36.4 Å². The Morgan fingerprint density at radius 3 is 2.44 bits per heavy atom. The van der Waals surface area contributed by atoms with E-state index in [0.29, 0.717) is 5.69 Å². The quantitative estimate of drug-likeness (QED) is 0.715. The predicted octanol–water partition coefficient (Wildman–Crippen LogP) is 5.12. The van der Waals surface area contributed by atoms with Gasteiger partial charge in [0.2, 0.25) is 0 Å². The number of alkyl halides is 3. The van der Waals surface area contributed by atoms with Crippen LogP contribution >= 0.6 is 0 Å². The SMILES string of the molecule is COc1ccc(C(F)(F)F)cc1C(=O)Nc1cccc2ccccc12. The van der Waals surface area contributed by atoms with Crippen LogP contribution in [0.15, 0.2) is 60.7 Å². The van der Waals surface area contributed by atoms with Crippen molar-refractivity contribution in [1.82, 2.24) is 0 Å². The van der Waals surface area contributed by atoms with Gasteiger partial charge in [-0.2, -0.15) is 13.2 Å². The Balaban J connectivity index is 2.00. The van der Waals surface area contributed by atoms with E-state index >= 15 is 0 Å². The van der Waals surface area contributed by atoms with Crippen LogP contribution in [0.1, 0.15) is 15.9 Å². The summed E-state index contributed by atoms with van der Waals surface area (Å²) in [6.07, 6.45) is -4.54. The van der Waals surface area contributed by atoms with Crippen LogP contribution in [0.5, 0.6) is 5.75 Å². The van der Waals surface area contributed by atoms with E-state index in [0.717, 1.165) is 29.0 Å². The summed E-state index contributed by atoms with van der Waals surface area (Å²) in [6.45, 7) is 0. The molecule has 128 valence electrons. The molecule has 0 aliphatic heterocycles. The molecular formula is C19H14F3NO2. The molecular weight excluding hydrogens is 331 g/mol. The van der Waals surface area contributed by atoms with Gasteiger partial charge in [0.05, 0.1) is 18.2 Å². The summed E-state index contributed by atoms with van der Waals surface area (Å²) in [6, 6.07) is 15.6. The molecule has 0 aliphatic rings. The Labute approximate surface area is 142 Å². The monoisotopic (exact) mass is 345 g/mol. The molecule has 0 saturated carbocycles. The highest BCUT2D eigenvalue weighted by molar-refractivity contribution is 6.10. The molecule has 3 aromatic carbocycles. The highest BCUT2D eigenvalue weighted by atomic mass is 19.4. The van der Waals surface area contributed by atoms with Gasteiger partial charge in [-0.25, -0.2) is 0 Å². The van der Waals surface area contributed by atoms with Crippen molar-refractivity contribution >= 4 is 22.4 Å². The van der Waals surface area contributed by atoms with Gasteiger partial charge in [0.1, 0.15) is 5.75 Å². The number of halogens is 3. The van der Waals surface area contributed by atoms with Crippen LogP contribution in [0.2, 0.25) is 0 Å². The normalized spacial score (nSPS) is 11.4. The van der Waals surface area contributed by atoms with Crippen LogP contribution < -0.4 is 10.1 Å². The molecule has 3 rings (SSSR count). The fraction of sp³-hybridized carbons (Fsp3) is 0.105. The average Bonchev–Trinajstić information content (AvgIpc) is 2.60. The lowest BCUT2D eigenvalue weighted by Gasteiger charge is -2.14. The molecule has 0 aliphatic carbocycles. The molecule has 3 nitrogen and oxygen atoms in total. The Kier molecular flexibility index (Phi) is 4.35. The van der Waals surface area contributed by atoms with Gasteiger partial charge < -0.3 is 10.1 Å². The van der Waals surface area contributed by atoms with E-state index in [1.165, 1.54) is 7.11 Å². The van der Waals surface area contributed by atoms with Crippen molar-refractivity contribution in [3.8, 4) is 5.75 Å². The molecule has 0 spiro atoms. The molecule has 0 fully saturated rings. The van der Waals surface area contributed by atoms with Gasteiger partial charge in [-0.3, -0.25) is 4.79 Å². The standard InChI is InChI=1S/C19H14F3NO2/c1-25-17-10-9-13(19(20,21)22)11-15(17)18(24)23-16-8-4-6-12-5-2-3-7-14(12)16/h2-11H,1H3,(H,23,24). The maximum atomic E-state index is 12.9. The maximum Gasteiger partial charge on any atom is 0.416 e. The fourth-order valence-electron chi connectivity index (χ4n) is 2.59. The molecule has 25 heavy (non-hydrogen) atoms. The van der Waals surface area contributed by atoms with Crippen LogP contribution in [-0.4, -0.2) is 13.0 Å². The summed E-state index contributed by atoms with van der Waals surface area (Å²) in [7, 11) is 1.30. The van der Waals surface area contributed by atoms with Crippen molar-refractivity contribution in [2.75, 3.05) is 12.4 Å². The Morgan fingerprint density at radius 1 is 1.00 bits per heavy atom. The Hall–Kier alpha value is -3.02. The Morgan fingerprint density at radius 2 is 1.72 bits per heavy atom. The third kappa shape index (κ3) is 3.42. The largest absolute Gasteiger partial charge is 0.496 e. The van der Waals surface area contributed by atoms with E-state index in [1.807, 2.05) is 30.3 Å². The predicted molar refractivity (Wildman–Crippen MR) is 89.9 cm³/mol. The first-order valence-corrected chi connectivity index (χ1v) is 7.44. The number of amides is 1. The van der Waals surface area contributed by atoms with Crippen LogP contribution in [0.3, 0.4) is 0 Å². The van der Waals surface area contributed by atoms with Gasteiger partial charge in [-0.15, -0.1) is 0 Å². The molecule has 0 radical (unpaired) electrons. The topological polar surface area (TPSA) is 38.3 Å². The van der Waals surface area contributed by atoms with Crippen molar-refractivity contribution in [3.05, 3.63) is 71.8 Å². The number of fused-ring (bicyclic) bond motifs is 1. The second-order valence-electron chi connectivity index (χ2n) is 5.39. The number of ether oxygens (including phenoxy) is 1. The summed E-state index contributed by atoms with van der Waals surface area (Å²) in [5, 5.41) is 4.38. The van der Waals surface area contributed by atoms with Crippen molar-refractivity contribution in [2.24, 2.45) is 0 Å². The van der Waals surface area contributed by atoms with Crippen LogP contribution in [0.25, 0.3) is 10.8 Å². The van der Waals surface area contributed by atoms with Gasteiger partial charge >= 0.3 is 6.18 Å².